The lowest BCUT2D eigenvalue weighted by Crippen LogP contribution is -2.20. The van der Waals surface area contributed by atoms with Crippen LogP contribution in [0.15, 0.2) is 24.3 Å². The number of rotatable bonds is 3. The van der Waals surface area contributed by atoms with Gasteiger partial charge in [0.15, 0.2) is 0 Å². The quantitative estimate of drug-likeness (QED) is 0.487. The number of alkyl halides is 3. The number of halogens is 3. The molecule has 0 heterocycles. The van der Waals surface area contributed by atoms with Crippen molar-refractivity contribution in [1.82, 2.24) is 0 Å². The first-order valence-corrected chi connectivity index (χ1v) is 4.78. The average molecular weight is 312 g/mol. The summed E-state index contributed by atoms with van der Waals surface area (Å²) in [5.74, 6) is -0.825. The van der Waals surface area contributed by atoms with E-state index in [0.29, 0.717) is 5.75 Å². The number of hydrogen-bond donors (Lipinski definition) is 0. The summed E-state index contributed by atoms with van der Waals surface area (Å²) in [5, 5.41) is 0. The van der Waals surface area contributed by atoms with Gasteiger partial charge in [-0.05, 0) is 12.1 Å². The van der Waals surface area contributed by atoms with E-state index in [9.17, 15) is 13.6 Å². The number of carbonyl (C=O) groups excluding carboxylic acids is 1. The van der Waals surface area contributed by atoms with Crippen LogP contribution >= 0.6 is 22.6 Å². The monoisotopic (exact) mass is 312 g/mol. The van der Waals surface area contributed by atoms with Gasteiger partial charge in [-0.3, -0.25) is 4.79 Å². The lowest BCUT2D eigenvalue weighted by molar-refractivity contribution is 0.0626. The first-order chi connectivity index (χ1) is 6.45. The standard InChI is InChI=1S/C9H7F2IO2/c1-14-7-4-2-3-6(5-7)8(13)9(10,11)12/h2-5H,1H3. The third-order valence-electron chi connectivity index (χ3n) is 1.59. The van der Waals surface area contributed by atoms with Gasteiger partial charge in [0.1, 0.15) is 5.75 Å². The molecule has 2 nitrogen and oxygen atoms in total. The van der Waals surface area contributed by atoms with Crippen molar-refractivity contribution < 1.29 is 18.3 Å². The zero-order valence-electron chi connectivity index (χ0n) is 7.26. The van der Waals surface area contributed by atoms with Crippen LogP contribution in [0.4, 0.5) is 8.78 Å². The zero-order chi connectivity index (χ0) is 10.8. The summed E-state index contributed by atoms with van der Waals surface area (Å²) >= 11 is 0.806. The predicted octanol–water partition coefficient (Wildman–Crippen LogP) is 2.91. The van der Waals surface area contributed by atoms with Crippen molar-refractivity contribution in [3.05, 3.63) is 29.8 Å². The molecule has 0 saturated carbocycles. The van der Waals surface area contributed by atoms with E-state index in [2.05, 4.69) is 0 Å². The van der Waals surface area contributed by atoms with Crippen LogP contribution in [0.25, 0.3) is 0 Å². The Bertz CT molecular complexity index is 347. The second-order valence-corrected chi connectivity index (χ2v) is 3.91. The van der Waals surface area contributed by atoms with E-state index in [4.69, 9.17) is 4.74 Å². The Kier molecular flexibility index (Phi) is 3.41. The van der Waals surface area contributed by atoms with E-state index in [0.717, 1.165) is 22.6 Å². The molecule has 0 fully saturated rings. The van der Waals surface area contributed by atoms with Crippen molar-refractivity contribution in [3.8, 4) is 5.75 Å². The topological polar surface area (TPSA) is 26.3 Å². The maximum Gasteiger partial charge on any atom is 0.357 e. The van der Waals surface area contributed by atoms with Gasteiger partial charge in [-0.2, -0.15) is 8.78 Å². The summed E-state index contributed by atoms with van der Waals surface area (Å²) in [5.41, 5.74) is -0.0521. The Balaban J connectivity index is 3.02. The maximum atomic E-state index is 12.6. The van der Waals surface area contributed by atoms with E-state index >= 15 is 0 Å². The van der Waals surface area contributed by atoms with Gasteiger partial charge in [-0.15, -0.1) is 0 Å². The molecule has 0 amide bonds. The third-order valence-corrected chi connectivity index (χ3v) is 2.08. The lowest BCUT2D eigenvalue weighted by atomic mass is 10.1. The van der Waals surface area contributed by atoms with E-state index in [1.165, 1.54) is 25.3 Å². The minimum absolute atomic E-state index is 0.0521. The van der Waals surface area contributed by atoms with E-state index < -0.39 is 9.71 Å². The summed E-state index contributed by atoms with van der Waals surface area (Å²) in [6.45, 7) is 0. The number of ketones is 1. The van der Waals surface area contributed by atoms with Crippen molar-refractivity contribution in [1.29, 1.82) is 0 Å². The SMILES string of the molecule is COc1cccc(C(=O)C(F)(F)I)c1. The number of hydrogen-bond acceptors (Lipinski definition) is 2. The number of Topliss-reactive ketones (excluding diaryl/α,β-unsaturated/α-hetero) is 1. The average Bonchev–Trinajstić information content (AvgIpc) is 2.15. The minimum atomic E-state index is -3.37. The molecule has 0 radical (unpaired) electrons. The molecular weight excluding hydrogens is 305 g/mol. The Morgan fingerprint density at radius 3 is 2.64 bits per heavy atom. The van der Waals surface area contributed by atoms with E-state index in [-0.39, 0.29) is 5.56 Å². The molecule has 1 rings (SSSR count). The molecule has 0 aliphatic carbocycles. The van der Waals surface area contributed by atoms with Crippen LogP contribution in [-0.4, -0.2) is 16.8 Å². The van der Waals surface area contributed by atoms with Gasteiger partial charge in [0.25, 0.3) is 0 Å². The summed E-state index contributed by atoms with van der Waals surface area (Å²) < 4.78 is 26.7. The minimum Gasteiger partial charge on any atom is -0.497 e. The van der Waals surface area contributed by atoms with Crippen molar-refractivity contribution in [2.45, 2.75) is 3.93 Å². The summed E-state index contributed by atoms with van der Waals surface area (Å²) in [7, 11) is 1.41. The molecule has 0 bridgehead atoms. The number of carbonyl (C=O) groups is 1. The summed E-state index contributed by atoms with van der Waals surface area (Å²) in [6.07, 6.45) is 0. The highest BCUT2D eigenvalue weighted by Crippen LogP contribution is 2.28. The van der Waals surface area contributed by atoms with Crippen LogP contribution in [0.1, 0.15) is 10.4 Å². The zero-order valence-corrected chi connectivity index (χ0v) is 9.42. The van der Waals surface area contributed by atoms with Crippen molar-refractivity contribution >= 4 is 28.4 Å². The number of methoxy groups -OCH3 is 1. The second-order valence-electron chi connectivity index (χ2n) is 2.56. The van der Waals surface area contributed by atoms with E-state index in [1.807, 2.05) is 0 Å². The van der Waals surface area contributed by atoms with Gasteiger partial charge >= 0.3 is 3.93 Å². The smallest absolute Gasteiger partial charge is 0.357 e. The highest BCUT2D eigenvalue weighted by molar-refractivity contribution is 14.1. The fourth-order valence-electron chi connectivity index (χ4n) is 0.928. The molecule has 0 aliphatic rings. The molecule has 0 atom stereocenters. The Hall–Kier alpha value is -0.720. The fourth-order valence-corrected chi connectivity index (χ4v) is 1.24. The van der Waals surface area contributed by atoms with Gasteiger partial charge < -0.3 is 4.74 Å². The molecule has 76 valence electrons. The van der Waals surface area contributed by atoms with Gasteiger partial charge in [0.05, 0.1) is 7.11 Å². The van der Waals surface area contributed by atoms with Gasteiger partial charge in [0, 0.05) is 28.2 Å². The Labute approximate surface area is 93.4 Å². The van der Waals surface area contributed by atoms with Crippen LogP contribution in [-0.2, 0) is 0 Å². The normalized spacial score (nSPS) is 11.1. The Morgan fingerprint density at radius 2 is 2.14 bits per heavy atom. The molecule has 0 N–H and O–H groups in total. The first-order valence-electron chi connectivity index (χ1n) is 3.70. The van der Waals surface area contributed by atoms with Crippen LogP contribution in [0, 0.1) is 0 Å². The fraction of sp³-hybridized carbons (Fsp3) is 0.222. The number of benzene rings is 1. The third kappa shape index (κ3) is 2.63. The van der Waals surface area contributed by atoms with Crippen molar-refractivity contribution in [2.24, 2.45) is 0 Å². The molecule has 0 saturated heterocycles. The first kappa shape index (κ1) is 11.4. The Morgan fingerprint density at radius 1 is 1.50 bits per heavy atom. The van der Waals surface area contributed by atoms with Crippen molar-refractivity contribution in [3.63, 3.8) is 0 Å². The second kappa shape index (κ2) is 4.20. The molecule has 1 aromatic carbocycles. The largest absolute Gasteiger partial charge is 0.497 e. The molecule has 5 heteroatoms. The predicted molar refractivity (Wildman–Crippen MR) is 56.3 cm³/mol. The highest BCUT2D eigenvalue weighted by Gasteiger charge is 2.35. The molecule has 0 aliphatic heterocycles. The van der Waals surface area contributed by atoms with E-state index in [1.54, 1.807) is 6.07 Å². The highest BCUT2D eigenvalue weighted by atomic mass is 127. The maximum absolute atomic E-state index is 12.6. The molecule has 0 unspecified atom stereocenters. The molecule has 14 heavy (non-hydrogen) atoms. The summed E-state index contributed by atoms with van der Waals surface area (Å²) in [4.78, 5) is 11.1. The molecule has 1 aromatic rings. The molecule has 0 aromatic heterocycles. The molecule has 0 spiro atoms. The van der Waals surface area contributed by atoms with Crippen LogP contribution in [0.2, 0.25) is 0 Å². The van der Waals surface area contributed by atoms with Gasteiger partial charge in [-0.25, -0.2) is 0 Å². The number of ether oxygens (including phenoxy) is 1. The van der Waals surface area contributed by atoms with Crippen molar-refractivity contribution in [2.75, 3.05) is 7.11 Å². The van der Waals surface area contributed by atoms with Crippen LogP contribution in [0.3, 0.4) is 0 Å². The lowest BCUT2D eigenvalue weighted by Gasteiger charge is -2.07. The van der Waals surface area contributed by atoms with Gasteiger partial charge in [-0.1, -0.05) is 12.1 Å². The molecular formula is C9H7F2IO2. The van der Waals surface area contributed by atoms with Gasteiger partial charge in [0.2, 0.25) is 5.78 Å². The summed E-state index contributed by atoms with van der Waals surface area (Å²) in [6, 6.07) is 5.70. The van der Waals surface area contributed by atoms with Crippen LogP contribution in [0.5, 0.6) is 5.75 Å². The van der Waals surface area contributed by atoms with Crippen LogP contribution < -0.4 is 4.74 Å².